The van der Waals surface area contributed by atoms with Crippen molar-refractivity contribution in [2.75, 3.05) is 18.4 Å². The zero-order valence-corrected chi connectivity index (χ0v) is 12.1. The maximum absolute atomic E-state index is 12.1. The molecule has 110 valence electrons. The summed E-state index contributed by atoms with van der Waals surface area (Å²) in [7, 11) is -3.75. The van der Waals surface area contributed by atoms with E-state index in [9.17, 15) is 18.0 Å². The van der Waals surface area contributed by atoms with E-state index in [-0.39, 0.29) is 40.8 Å². The molecule has 20 heavy (non-hydrogen) atoms. The average molecular weight is 320 g/mol. The molecule has 0 spiro atoms. The third kappa shape index (κ3) is 3.11. The number of amides is 1. The van der Waals surface area contributed by atoms with Crippen molar-refractivity contribution in [2.45, 2.75) is 17.7 Å². The number of carbonyl (C=O) groups excluding carboxylic acids is 1. The van der Waals surface area contributed by atoms with Gasteiger partial charge in [0.25, 0.3) is 10.0 Å². The molecule has 9 nitrogen and oxygen atoms in total. The molecule has 0 saturated carbocycles. The summed E-state index contributed by atoms with van der Waals surface area (Å²) in [6, 6.07) is 0. The summed E-state index contributed by atoms with van der Waals surface area (Å²) in [4.78, 5) is 21.3. The van der Waals surface area contributed by atoms with Crippen molar-refractivity contribution < 1.29 is 23.1 Å². The predicted octanol–water partition coefficient (Wildman–Crippen LogP) is -0.408. The van der Waals surface area contributed by atoms with Gasteiger partial charge in [0, 0.05) is 20.0 Å². The van der Waals surface area contributed by atoms with Gasteiger partial charge >= 0.3 is 5.97 Å². The van der Waals surface area contributed by atoms with Gasteiger partial charge in [-0.3, -0.25) is 9.59 Å². The van der Waals surface area contributed by atoms with Crippen LogP contribution in [0, 0.1) is 5.92 Å². The molecule has 0 bridgehead atoms. The summed E-state index contributed by atoms with van der Waals surface area (Å²) in [5.41, 5.74) is 0. The van der Waals surface area contributed by atoms with Crippen molar-refractivity contribution in [2.24, 2.45) is 5.92 Å². The minimum atomic E-state index is -3.75. The summed E-state index contributed by atoms with van der Waals surface area (Å²) >= 11 is 0.761. The highest BCUT2D eigenvalue weighted by molar-refractivity contribution is 7.91. The fourth-order valence-electron chi connectivity index (χ4n) is 1.72. The van der Waals surface area contributed by atoms with E-state index in [0.717, 1.165) is 15.6 Å². The van der Waals surface area contributed by atoms with Crippen molar-refractivity contribution in [3.63, 3.8) is 0 Å². The van der Waals surface area contributed by atoms with E-state index >= 15 is 0 Å². The van der Waals surface area contributed by atoms with Gasteiger partial charge < -0.3 is 10.4 Å². The highest BCUT2D eigenvalue weighted by Gasteiger charge is 2.39. The van der Waals surface area contributed by atoms with Gasteiger partial charge in [-0.2, -0.15) is 4.31 Å². The fraction of sp³-hybridized carbons (Fsp3) is 0.556. The lowest BCUT2D eigenvalue weighted by Gasteiger charge is -2.36. The molecule has 1 fully saturated rings. The van der Waals surface area contributed by atoms with Crippen molar-refractivity contribution in [1.29, 1.82) is 0 Å². The van der Waals surface area contributed by atoms with Crippen molar-refractivity contribution >= 4 is 38.4 Å². The molecule has 2 heterocycles. The zero-order chi connectivity index (χ0) is 14.9. The first-order valence-electron chi connectivity index (χ1n) is 5.62. The maximum Gasteiger partial charge on any atom is 0.303 e. The Kier molecular flexibility index (Phi) is 4.01. The molecule has 0 radical (unpaired) electrons. The number of hydrogen-bond donors (Lipinski definition) is 2. The normalized spacial score (nSPS) is 16.6. The number of aliphatic carboxylic acids is 1. The predicted molar refractivity (Wildman–Crippen MR) is 68.7 cm³/mol. The van der Waals surface area contributed by atoms with Crippen LogP contribution in [0.1, 0.15) is 13.3 Å². The molecule has 1 aliphatic heterocycles. The summed E-state index contributed by atoms with van der Waals surface area (Å²) in [6.45, 7) is 1.59. The van der Waals surface area contributed by atoms with Gasteiger partial charge in [-0.05, 0) is 5.92 Å². The first-order chi connectivity index (χ1) is 9.29. The topological polar surface area (TPSA) is 130 Å². The Morgan fingerprint density at radius 3 is 2.65 bits per heavy atom. The molecule has 2 N–H and O–H groups in total. The number of aromatic nitrogens is 2. The van der Waals surface area contributed by atoms with Crippen LogP contribution in [0.5, 0.6) is 0 Å². The number of carboxylic acid groups (broad SMARTS) is 1. The molecule has 1 aromatic rings. The number of rotatable bonds is 5. The Morgan fingerprint density at radius 1 is 1.45 bits per heavy atom. The first-order valence-corrected chi connectivity index (χ1v) is 7.87. The number of nitrogens with one attached hydrogen (secondary N) is 1. The number of anilines is 1. The van der Waals surface area contributed by atoms with E-state index in [0.29, 0.717) is 0 Å². The quantitative estimate of drug-likeness (QED) is 0.705. The van der Waals surface area contributed by atoms with Gasteiger partial charge in [-0.25, -0.2) is 8.42 Å². The molecule has 1 aromatic heterocycles. The van der Waals surface area contributed by atoms with E-state index in [2.05, 4.69) is 15.5 Å². The van der Waals surface area contributed by atoms with Crippen LogP contribution >= 0.6 is 11.3 Å². The number of carboxylic acids is 1. The Labute approximate surface area is 118 Å². The Balaban J connectivity index is 2.03. The molecule has 0 unspecified atom stereocenters. The smallest absolute Gasteiger partial charge is 0.303 e. The summed E-state index contributed by atoms with van der Waals surface area (Å²) < 4.78 is 25.2. The standard InChI is InChI=1S/C9H12N4O5S2/c1-5(14)10-8-11-12-9(19-8)20(17,18)13-3-6(4-13)2-7(15)16/h6H,2-4H2,1H3,(H,15,16)(H,10,11,14). The van der Waals surface area contributed by atoms with Crippen LogP contribution in [0.25, 0.3) is 0 Å². The molecule has 0 aromatic carbocycles. The van der Waals surface area contributed by atoms with E-state index in [1.807, 2.05) is 0 Å². The van der Waals surface area contributed by atoms with Crippen LogP contribution in [0.3, 0.4) is 0 Å². The maximum atomic E-state index is 12.1. The van der Waals surface area contributed by atoms with Gasteiger partial charge in [-0.1, -0.05) is 11.3 Å². The molecular formula is C9H12N4O5S2. The van der Waals surface area contributed by atoms with E-state index in [4.69, 9.17) is 5.11 Å². The van der Waals surface area contributed by atoms with Crippen LogP contribution in [-0.2, 0) is 19.6 Å². The van der Waals surface area contributed by atoms with Gasteiger partial charge in [0.1, 0.15) is 0 Å². The van der Waals surface area contributed by atoms with Gasteiger partial charge in [0.05, 0.1) is 6.42 Å². The second kappa shape index (κ2) is 5.42. The lowest BCUT2D eigenvalue weighted by molar-refractivity contribution is -0.139. The highest BCUT2D eigenvalue weighted by Crippen LogP contribution is 2.29. The van der Waals surface area contributed by atoms with Crippen molar-refractivity contribution in [3.05, 3.63) is 0 Å². The number of nitrogens with zero attached hydrogens (tertiary/aromatic N) is 3. The first kappa shape index (κ1) is 14.8. The van der Waals surface area contributed by atoms with Crippen molar-refractivity contribution in [1.82, 2.24) is 14.5 Å². The van der Waals surface area contributed by atoms with Crippen LogP contribution in [0.2, 0.25) is 0 Å². The molecule has 0 aliphatic carbocycles. The molecule has 1 amide bonds. The second-order valence-corrected chi connectivity index (χ2v) is 7.43. The summed E-state index contributed by atoms with van der Waals surface area (Å²) in [5, 5.41) is 18.2. The van der Waals surface area contributed by atoms with Crippen LogP contribution in [0.4, 0.5) is 5.13 Å². The van der Waals surface area contributed by atoms with E-state index in [1.54, 1.807) is 0 Å². The largest absolute Gasteiger partial charge is 0.481 e. The minimum absolute atomic E-state index is 0.0563. The summed E-state index contributed by atoms with van der Waals surface area (Å²) in [5.74, 6) is -1.49. The van der Waals surface area contributed by atoms with Crippen LogP contribution in [-0.4, -0.2) is 53.0 Å². The van der Waals surface area contributed by atoms with Crippen LogP contribution in [0.15, 0.2) is 4.34 Å². The molecule has 0 atom stereocenters. The second-order valence-electron chi connectivity index (χ2n) is 4.34. The Bertz CT molecular complexity index is 635. The molecule has 11 heteroatoms. The number of carbonyl (C=O) groups is 2. The fourth-order valence-corrected chi connectivity index (χ4v) is 4.40. The number of hydrogen-bond acceptors (Lipinski definition) is 7. The SMILES string of the molecule is CC(=O)Nc1nnc(S(=O)(=O)N2CC(CC(=O)O)C2)s1. The van der Waals surface area contributed by atoms with E-state index in [1.165, 1.54) is 6.92 Å². The van der Waals surface area contributed by atoms with Crippen molar-refractivity contribution in [3.8, 4) is 0 Å². The van der Waals surface area contributed by atoms with Gasteiger partial charge in [0.15, 0.2) is 0 Å². The minimum Gasteiger partial charge on any atom is -0.481 e. The number of sulfonamides is 1. The van der Waals surface area contributed by atoms with Gasteiger partial charge in [-0.15, -0.1) is 10.2 Å². The van der Waals surface area contributed by atoms with Gasteiger partial charge in [0.2, 0.25) is 15.4 Å². The third-order valence-corrected chi connectivity index (χ3v) is 5.65. The Morgan fingerprint density at radius 2 is 2.10 bits per heavy atom. The lowest BCUT2D eigenvalue weighted by Crippen LogP contribution is -2.50. The highest BCUT2D eigenvalue weighted by atomic mass is 32.2. The molecule has 2 rings (SSSR count). The third-order valence-electron chi connectivity index (χ3n) is 2.64. The van der Waals surface area contributed by atoms with E-state index < -0.39 is 16.0 Å². The molecule has 1 saturated heterocycles. The average Bonchev–Trinajstić information content (AvgIpc) is 2.70. The van der Waals surface area contributed by atoms with Crippen LogP contribution < -0.4 is 5.32 Å². The monoisotopic (exact) mass is 320 g/mol. The zero-order valence-electron chi connectivity index (χ0n) is 10.4. The lowest BCUT2D eigenvalue weighted by atomic mass is 10.00. The summed E-state index contributed by atoms with van der Waals surface area (Å²) in [6.07, 6.45) is -0.0563. The Hall–Kier alpha value is -1.59. The molecular weight excluding hydrogens is 308 g/mol. The molecule has 1 aliphatic rings.